The van der Waals surface area contributed by atoms with Crippen LogP contribution in [-0.4, -0.2) is 36.5 Å². The number of thioether (sulfide) groups is 1. The molecule has 0 aliphatic rings. The lowest BCUT2D eigenvalue weighted by Gasteiger charge is -2.22. The quantitative estimate of drug-likeness (QED) is 0.632. The molecule has 4 heteroatoms. The zero-order chi connectivity index (χ0) is 11.0. The van der Waals surface area contributed by atoms with E-state index in [0.29, 0.717) is 6.54 Å². The topological polar surface area (TPSA) is 41.1 Å². The number of carbonyl (C=O) groups excluding carboxylic acids is 1. The summed E-state index contributed by atoms with van der Waals surface area (Å²) in [4.78, 5) is 11.3. The van der Waals surface area contributed by atoms with Crippen molar-refractivity contribution in [1.82, 2.24) is 10.6 Å². The summed E-state index contributed by atoms with van der Waals surface area (Å²) in [5.41, 5.74) is 0. The molecule has 84 valence electrons. The first-order valence-electron chi connectivity index (χ1n) is 5.04. The van der Waals surface area contributed by atoms with Gasteiger partial charge in [0.2, 0.25) is 5.91 Å². The minimum absolute atomic E-state index is 0.0839. The van der Waals surface area contributed by atoms with Gasteiger partial charge in [-0.1, -0.05) is 6.92 Å². The summed E-state index contributed by atoms with van der Waals surface area (Å²) in [5, 5.41) is 5.98. The van der Waals surface area contributed by atoms with Crippen LogP contribution in [0.2, 0.25) is 0 Å². The van der Waals surface area contributed by atoms with Crippen molar-refractivity contribution >= 4 is 17.7 Å². The van der Waals surface area contributed by atoms with Crippen molar-refractivity contribution in [2.24, 2.45) is 0 Å². The summed E-state index contributed by atoms with van der Waals surface area (Å²) in [7, 11) is 0. The third-order valence-electron chi connectivity index (χ3n) is 1.98. The first kappa shape index (κ1) is 13.8. The maximum Gasteiger partial charge on any atom is 0.234 e. The molecular weight excluding hydrogens is 196 g/mol. The molecule has 0 heterocycles. The van der Waals surface area contributed by atoms with Crippen molar-refractivity contribution in [3.05, 3.63) is 0 Å². The highest BCUT2D eigenvalue weighted by Crippen LogP contribution is 2.19. The Bertz CT molecular complexity index is 172. The van der Waals surface area contributed by atoms with Crippen LogP contribution in [0.4, 0.5) is 0 Å². The molecule has 0 aromatic carbocycles. The Morgan fingerprint density at radius 3 is 2.57 bits per heavy atom. The van der Waals surface area contributed by atoms with Crippen LogP contribution < -0.4 is 10.6 Å². The van der Waals surface area contributed by atoms with Gasteiger partial charge in [-0.25, -0.2) is 0 Å². The van der Waals surface area contributed by atoms with E-state index in [0.717, 1.165) is 19.5 Å². The lowest BCUT2D eigenvalue weighted by molar-refractivity contribution is -0.120. The fourth-order valence-electron chi connectivity index (χ4n) is 0.825. The highest BCUT2D eigenvalue weighted by atomic mass is 32.2. The molecule has 0 rings (SSSR count). The first-order valence-corrected chi connectivity index (χ1v) is 6.27. The minimum Gasteiger partial charge on any atom is -0.354 e. The van der Waals surface area contributed by atoms with Crippen LogP contribution in [0.15, 0.2) is 0 Å². The summed E-state index contributed by atoms with van der Waals surface area (Å²) >= 11 is 1.76. The molecule has 3 nitrogen and oxygen atoms in total. The van der Waals surface area contributed by atoms with Gasteiger partial charge < -0.3 is 10.6 Å². The smallest absolute Gasteiger partial charge is 0.234 e. The van der Waals surface area contributed by atoms with Crippen molar-refractivity contribution in [3.63, 3.8) is 0 Å². The number of carbonyl (C=O) groups is 1. The van der Waals surface area contributed by atoms with E-state index in [4.69, 9.17) is 0 Å². The van der Waals surface area contributed by atoms with E-state index >= 15 is 0 Å². The maximum absolute atomic E-state index is 11.3. The molecule has 14 heavy (non-hydrogen) atoms. The Morgan fingerprint density at radius 1 is 1.43 bits per heavy atom. The van der Waals surface area contributed by atoms with Crippen molar-refractivity contribution in [2.45, 2.75) is 31.9 Å². The number of rotatable bonds is 7. The highest BCUT2D eigenvalue weighted by molar-refractivity contribution is 7.99. The van der Waals surface area contributed by atoms with Gasteiger partial charge in [0, 0.05) is 11.3 Å². The molecule has 0 saturated heterocycles. The highest BCUT2D eigenvalue weighted by Gasteiger charge is 2.16. The van der Waals surface area contributed by atoms with Gasteiger partial charge in [-0.05, 0) is 33.1 Å². The second-order valence-corrected chi connectivity index (χ2v) is 5.43. The molecule has 0 radical (unpaired) electrons. The summed E-state index contributed by atoms with van der Waals surface area (Å²) in [6.45, 7) is 8.38. The second-order valence-electron chi connectivity index (χ2n) is 3.92. The number of nitrogens with one attached hydrogen (secondary N) is 2. The van der Waals surface area contributed by atoms with Crippen LogP contribution in [0.3, 0.4) is 0 Å². The molecule has 0 aliphatic heterocycles. The number of hydrogen-bond acceptors (Lipinski definition) is 3. The monoisotopic (exact) mass is 218 g/mol. The molecule has 0 aliphatic carbocycles. The third-order valence-corrected chi connectivity index (χ3v) is 3.23. The fraction of sp³-hybridized carbons (Fsp3) is 0.900. The predicted molar refractivity (Wildman–Crippen MR) is 63.8 cm³/mol. The van der Waals surface area contributed by atoms with Crippen LogP contribution in [0.25, 0.3) is 0 Å². The van der Waals surface area contributed by atoms with E-state index in [9.17, 15) is 4.79 Å². The molecular formula is C10H22N2OS. The fourth-order valence-corrected chi connectivity index (χ4v) is 1.04. The molecule has 0 fully saturated rings. The summed E-state index contributed by atoms with van der Waals surface area (Å²) < 4.78 is 0.125. The number of hydrogen-bond donors (Lipinski definition) is 2. The predicted octanol–water partition coefficient (Wildman–Crippen LogP) is 1.24. The third kappa shape index (κ3) is 7.21. The average Bonchev–Trinajstić information content (AvgIpc) is 2.16. The van der Waals surface area contributed by atoms with Crippen LogP contribution in [0.1, 0.15) is 27.2 Å². The zero-order valence-corrected chi connectivity index (χ0v) is 10.5. The van der Waals surface area contributed by atoms with Gasteiger partial charge in [-0.2, -0.15) is 11.8 Å². The Balaban J connectivity index is 3.53. The van der Waals surface area contributed by atoms with Crippen LogP contribution in [0.5, 0.6) is 0 Å². The molecule has 0 unspecified atom stereocenters. The summed E-state index contributed by atoms with van der Waals surface area (Å²) in [5.74, 6) is 0.0839. The lowest BCUT2D eigenvalue weighted by atomic mass is 10.2. The SMILES string of the molecule is CCCNCC(=O)NCC(C)(C)SC. The van der Waals surface area contributed by atoms with Crippen molar-refractivity contribution in [1.29, 1.82) is 0 Å². The Kier molecular flexibility index (Phi) is 7.01. The van der Waals surface area contributed by atoms with Gasteiger partial charge in [0.15, 0.2) is 0 Å². The van der Waals surface area contributed by atoms with Crippen LogP contribution in [-0.2, 0) is 4.79 Å². The Labute approximate surface area is 91.4 Å². The van der Waals surface area contributed by atoms with E-state index in [1.165, 1.54) is 0 Å². The van der Waals surface area contributed by atoms with Gasteiger partial charge in [0.1, 0.15) is 0 Å². The van der Waals surface area contributed by atoms with E-state index in [1.807, 2.05) is 0 Å². The first-order chi connectivity index (χ1) is 6.52. The number of amides is 1. The van der Waals surface area contributed by atoms with E-state index in [1.54, 1.807) is 11.8 Å². The molecule has 0 saturated carbocycles. The molecule has 0 aromatic rings. The molecule has 0 aromatic heterocycles. The normalized spacial score (nSPS) is 11.4. The molecule has 1 amide bonds. The minimum atomic E-state index is 0.0839. The lowest BCUT2D eigenvalue weighted by Crippen LogP contribution is -2.40. The van der Waals surface area contributed by atoms with Gasteiger partial charge in [0.05, 0.1) is 6.54 Å². The molecule has 0 atom stereocenters. The zero-order valence-electron chi connectivity index (χ0n) is 9.64. The van der Waals surface area contributed by atoms with E-state index in [-0.39, 0.29) is 10.7 Å². The summed E-state index contributed by atoms with van der Waals surface area (Å²) in [6, 6.07) is 0. The van der Waals surface area contributed by atoms with Crippen molar-refractivity contribution in [3.8, 4) is 0 Å². The second kappa shape index (κ2) is 7.12. The van der Waals surface area contributed by atoms with Gasteiger partial charge in [0.25, 0.3) is 0 Å². The van der Waals surface area contributed by atoms with Crippen molar-refractivity contribution < 1.29 is 4.79 Å². The van der Waals surface area contributed by atoms with Crippen molar-refractivity contribution in [2.75, 3.05) is 25.9 Å². The largest absolute Gasteiger partial charge is 0.354 e. The Hall–Kier alpha value is -0.220. The van der Waals surface area contributed by atoms with Crippen LogP contribution >= 0.6 is 11.8 Å². The van der Waals surface area contributed by atoms with E-state index < -0.39 is 0 Å². The Morgan fingerprint density at radius 2 is 2.07 bits per heavy atom. The molecule has 0 bridgehead atoms. The standard InChI is InChI=1S/C10H22N2OS/c1-5-6-11-7-9(13)12-8-10(2,3)14-4/h11H,5-8H2,1-4H3,(H,12,13). The summed E-state index contributed by atoms with van der Waals surface area (Å²) in [6.07, 6.45) is 3.12. The molecule has 2 N–H and O–H groups in total. The van der Waals surface area contributed by atoms with Gasteiger partial charge >= 0.3 is 0 Å². The maximum atomic E-state index is 11.3. The van der Waals surface area contributed by atoms with Gasteiger partial charge in [-0.15, -0.1) is 0 Å². The molecule has 0 spiro atoms. The van der Waals surface area contributed by atoms with Gasteiger partial charge in [-0.3, -0.25) is 4.79 Å². The van der Waals surface area contributed by atoms with E-state index in [2.05, 4.69) is 37.7 Å². The van der Waals surface area contributed by atoms with Crippen LogP contribution in [0, 0.1) is 0 Å². The average molecular weight is 218 g/mol.